The van der Waals surface area contributed by atoms with Crippen LogP contribution in [0.3, 0.4) is 0 Å². The highest BCUT2D eigenvalue weighted by Gasteiger charge is 2.00. The van der Waals surface area contributed by atoms with Crippen LogP contribution in [-0.4, -0.2) is 18.1 Å². The first-order valence-electron chi connectivity index (χ1n) is 5.29. The molecule has 0 aliphatic rings. The van der Waals surface area contributed by atoms with E-state index in [2.05, 4.69) is 15.8 Å². The highest BCUT2D eigenvalue weighted by Crippen LogP contribution is 2.23. The van der Waals surface area contributed by atoms with Crippen molar-refractivity contribution in [1.29, 1.82) is 0 Å². The zero-order valence-corrected chi connectivity index (χ0v) is 10.6. The quantitative estimate of drug-likeness (QED) is 0.782. The number of fused-ring (bicyclic) bond motifs is 1. The van der Waals surface area contributed by atoms with Crippen molar-refractivity contribution in [2.24, 2.45) is 0 Å². The molecule has 3 nitrogen and oxygen atoms in total. The lowest BCUT2D eigenvalue weighted by molar-refractivity contribution is -0.139. The number of hydrogen-bond acceptors (Lipinski definition) is 4. The van der Waals surface area contributed by atoms with Crippen molar-refractivity contribution in [3.8, 4) is 0 Å². The molecule has 1 heterocycles. The van der Waals surface area contributed by atoms with E-state index in [1.807, 2.05) is 25.1 Å². The van der Waals surface area contributed by atoms with Crippen molar-refractivity contribution in [3.63, 3.8) is 0 Å². The van der Waals surface area contributed by atoms with Gasteiger partial charge in [-0.25, -0.2) is 4.98 Å². The second-order valence-corrected chi connectivity index (χ2v) is 4.88. The molecule has 1 aromatic carbocycles. The number of esters is 1. The van der Waals surface area contributed by atoms with Gasteiger partial charge >= 0.3 is 5.97 Å². The zero-order valence-electron chi connectivity index (χ0n) is 9.77. The average Bonchev–Trinajstić information content (AvgIpc) is 2.68. The summed E-state index contributed by atoms with van der Waals surface area (Å²) in [7, 11) is 1.39. The Morgan fingerprint density at radius 3 is 3.12 bits per heavy atom. The minimum Gasteiger partial charge on any atom is -0.469 e. The first kappa shape index (κ1) is 11.8. The molecule has 0 aliphatic carbocycles. The van der Waals surface area contributed by atoms with Gasteiger partial charge in [0.2, 0.25) is 0 Å². The maximum Gasteiger partial charge on any atom is 0.309 e. The lowest BCUT2D eigenvalue weighted by Crippen LogP contribution is -1.96. The van der Waals surface area contributed by atoms with E-state index >= 15 is 0 Å². The summed E-state index contributed by atoms with van der Waals surface area (Å²) in [6.45, 7) is 2.00. The molecular weight excluding hydrogens is 234 g/mol. The molecular formula is C13H13NO2S. The van der Waals surface area contributed by atoms with Gasteiger partial charge in [-0.2, -0.15) is 0 Å². The van der Waals surface area contributed by atoms with Crippen LogP contribution in [0.5, 0.6) is 0 Å². The van der Waals surface area contributed by atoms with Crippen LogP contribution in [0.1, 0.15) is 17.0 Å². The van der Waals surface area contributed by atoms with E-state index in [0.29, 0.717) is 6.42 Å². The van der Waals surface area contributed by atoms with Crippen LogP contribution in [0.4, 0.5) is 0 Å². The molecule has 0 saturated carbocycles. The number of ether oxygens (including phenoxy) is 1. The molecule has 88 valence electrons. The monoisotopic (exact) mass is 247 g/mol. The second-order valence-electron chi connectivity index (χ2n) is 3.64. The van der Waals surface area contributed by atoms with Crippen LogP contribution in [0.15, 0.2) is 24.3 Å². The summed E-state index contributed by atoms with van der Waals surface area (Å²) in [6.07, 6.45) is 4.03. The number of benzene rings is 1. The van der Waals surface area contributed by atoms with Crippen molar-refractivity contribution in [2.45, 2.75) is 13.3 Å². The number of aryl methyl sites for hydroxylation is 1. The lowest BCUT2D eigenvalue weighted by Gasteiger charge is -1.94. The third-order valence-electron chi connectivity index (χ3n) is 2.34. The van der Waals surface area contributed by atoms with E-state index in [-0.39, 0.29) is 5.97 Å². The van der Waals surface area contributed by atoms with Crippen LogP contribution in [0, 0.1) is 6.92 Å². The summed E-state index contributed by atoms with van der Waals surface area (Å²) in [5.41, 5.74) is 2.10. The summed E-state index contributed by atoms with van der Waals surface area (Å²) in [6, 6.07) is 6.07. The number of nitrogens with zero attached hydrogens (tertiary/aromatic N) is 1. The Labute approximate surface area is 104 Å². The molecule has 0 unspecified atom stereocenters. The highest BCUT2D eigenvalue weighted by atomic mass is 32.1. The van der Waals surface area contributed by atoms with Crippen molar-refractivity contribution in [2.75, 3.05) is 7.11 Å². The Morgan fingerprint density at radius 2 is 2.35 bits per heavy atom. The molecule has 4 heteroatoms. The molecule has 0 spiro atoms. The number of thiazole rings is 1. The Hall–Kier alpha value is -1.68. The largest absolute Gasteiger partial charge is 0.469 e. The van der Waals surface area contributed by atoms with Crippen LogP contribution >= 0.6 is 11.3 Å². The molecule has 0 atom stereocenters. The fourth-order valence-corrected chi connectivity index (χ4v) is 2.41. The summed E-state index contributed by atoms with van der Waals surface area (Å²) in [4.78, 5) is 15.3. The van der Waals surface area contributed by atoms with Gasteiger partial charge in [0.25, 0.3) is 0 Å². The summed E-state index contributed by atoms with van der Waals surface area (Å²) >= 11 is 1.67. The predicted octanol–water partition coefficient (Wildman–Crippen LogP) is 3.18. The first-order valence-corrected chi connectivity index (χ1v) is 6.11. The molecule has 0 amide bonds. The predicted molar refractivity (Wildman–Crippen MR) is 70.0 cm³/mol. The van der Waals surface area contributed by atoms with Gasteiger partial charge in [0.1, 0.15) is 0 Å². The van der Waals surface area contributed by atoms with Gasteiger partial charge in [-0.05, 0) is 24.6 Å². The van der Waals surface area contributed by atoms with Gasteiger partial charge < -0.3 is 4.74 Å². The molecule has 0 fully saturated rings. The maximum atomic E-state index is 10.9. The van der Waals surface area contributed by atoms with Crippen LogP contribution < -0.4 is 0 Å². The number of rotatable bonds is 3. The molecule has 0 bridgehead atoms. The van der Waals surface area contributed by atoms with E-state index in [9.17, 15) is 4.79 Å². The summed E-state index contributed by atoms with van der Waals surface area (Å²) in [5.74, 6) is -0.226. The van der Waals surface area contributed by atoms with Gasteiger partial charge in [0, 0.05) is 0 Å². The fourth-order valence-electron chi connectivity index (χ4n) is 1.53. The van der Waals surface area contributed by atoms with Gasteiger partial charge in [-0.3, -0.25) is 4.79 Å². The molecule has 17 heavy (non-hydrogen) atoms. The molecule has 0 saturated heterocycles. The molecule has 0 N–H and O–H groups in total. The van der Waals surface area contributed by atoms with Gasteiger partial charge in [0.15, 0.2) is 0 Å². The van der Waals surface area contributed by atoms with Crippen molar-refractivity contribution in [3.05, 3.63) is 34.8 Å². The smallest absolute Gasteiger partial charge is 0.309 e. The summed E-state index contributed by atoms with van der Waals surface area (Å²) in [5, 5.41) is 1.07. The number of methoxy groups -OCH3 is 1. The number of carbonyl (C=O) groups excluding carboxylic acids is 1. The Bertz CT molecular complexity index is 572. The third kappa shape index (κ3) is 2.91. The Kier molecular flexibility index (Phi) is 3.54. The Morgan fingerprint density at radius 1 is 1.53 bits per heavy atom. The van der Waals surface area contributed by atoms with E-state index in [1.54, 1.807) is 17.4 Å². The maximum absolute atomic E-state index is 10.9. The van der Waals surface area contributed by atoms with Crippen molar-refractivity contribution >= 4 is 33.6 Å². The van der Waals surface area contributed by atoms with Crippen LogP contribution in [-0.2, 0) is 9.53 Å². The topological polar surface area (TPSA) is 39.2 Å². The van der Waals surface area contributed by atoms with E-state index in [1.165, 1.54) is 11.8 Å². The molecule has 2 rings (SSSR count). The standard InChI is InChI=1S/C13H13NO2S/c1-9-14-11-7-6-10(8-12(11)17-9)4-3-5-13(15)16-2/h3-4,6-8H,5H2,1-2H3. The minimum absolute atomic E-state index is 0.226. The van der Waals surface area contributed by atoms with E-state index < -0.39 is 0 Å². The Balaban J connectivity index is 2.16. The summed E-state index contributed by atoms with van der Waals surface area (Å²) < 4.78 is 5.73. The number of hydrogen-bond donors (Lipinski definition) is 0. The van der Waals surface area contributed by atoms with Gasteiger partial charge in [0.05, 0.1) is 28.8 Å². The average molecular weight is 247 g/mol. The number of carbonyl (C=O) groups is 1. The zero-order chi connectivity index (χ0) is 12.3. The van der Waals surface area contributed by atoms with Crippen molar-refractivity contribution in [1.82, 2.24) is 4.98 Å². The van der Waals surface area contributed by atoms with Crippen molar-refractivity contribution < 1.29 is 9.53 Å². The highest BCUT2D eigenvalue weighted by molar-refractivity contribution is 7.18. The van der Waals surface area contributed by atoms with E-state index in [4.69, 9.17) is 0 Å². The normalized spacial score (nSPS) is 11.2. The molecule has 2 aromatic rings. The fraction of sp³-hybridized carbons (Fsp3) is 0.231. The van der Waals surface area contributed by atoms with E-state index in [0.717, 1.165) is 16.1 Å². The van der Waals surface area contributed by atoms with Gasteiger partial charge in [-0.15, -0.1) is 11.3 Å². The molecule has 1 aromatic heterocycles. The second kappa shape index (κ2) is 5.10. The minimum atomic E-state index is -0.226. The lowest BCUT2D eigenvalue weighted by atomic mass is 10.2. The van der Waals surface area contributed by atoms with Crippen LogP contribution in [0.25, 0.3) is 16.3 Å². The van der Waals surface area contributed by atoms with Crippen LogP contribution in [0.2, 0.25) is 0 Å². The van der Waals surface area contributed by atoms with Gasteiger partial charge in [-0.1, -0.05) is 18.2 Å². The SMILES string of the molecule is COC(=O)CC=Cc1ccc2nc(C)sc2c1. The third-order valence-corrected chi connectivity index (χ3v) is 3.28. The first-order chi connectivity index (χ1) is 8.19. The molecule has 0 radical (unpaired) electrons. The molecule has 0 aliphatic heterocycles. The number of aromatic nitrogens is 1.